The van der Waals surface area contributed by atoms with Gasteiger partial charge in [0.15, 0.2) is 0 Å². The predicted molar refractivity (Wildman–Crippen MR) is 153 cm³/mol. The first-order valence-corrected chi connectivity index (χ1v) is 15.3. The van der Waals surface area contributed by atoms with Gasteiger partial charge in [-0.15, -0.1) is 0 Å². The van der Waals surface area contributed by atoms with E-state index in [-0.39, 0.29) is 23.5 Å². The minimum atomic E-state index is -1.73. The number of anilines is 2. The Morgan fingerprint density at radius 3 is 2.39 bits per heavy atom. The summed E-state index contributed by atoms with van der Waals surface area (Å²) >= 11 is 0. The van der Waals surface area contributed by atoms with E-state index in [4.69, 9.17) is 0 Å². The molecule has 3 amide bonds. The first-order valence-electron chi connectivity index (χ1n) is 13.8. The standard InChI is InChI=1S/C30H39N3O4S/c1-21-15-17-25(18-16-21)31-28(34)19-38(37)20-29(35)33(22(2)30(36)32-24-11-4-3-5-12-24)27-14-8-10-23-9-6-7-13-26(23)27/h8,10,14-18,22,24H,3-7,9,11-13,19-20H2,1-2H3,(H,31,34)(H,32,36). The molecule has 2 aromatic carbocycles. The Bertz CT molecular complexity index is 1170. The lowest BCUT2D eigenvalue weighted by molar-refractivity contribution is -0.126. The van der Waals surface area contributed by atoms with E-state index >= 15 is 0 Å². The van der Waals surface area contributed by atoms with Crippen LogP contribution in [0.3, 0.4) is 0 Å². The van der Waals surface area contributed by atoms with Crippen molar-refractivity contribution < 1.29 is 18.6 Å². The van der Waals surface area contributed by atoms with Crippen LogP contribution in [-0.4, -0.2) is 45.5 Å². The van der Waals surface area contributed by atoms with Gasteiger partial charge in [-0.2, -0.15) is 0 Å². The Hall–Kier alpha value is -3.00. The van der Waals surface area contributed by atoms with E-state index in [0.29, 0.717) is 5.69 Å². The molecule has 0 aliphatic heterocycles. The molecule has 2 N–H and O–H groups in total. The van der Waals surface area contributed by atoms with Gasteiger partial charge in [0.2, 0.25) is 17.7 Å². The van der Waals surface area contributed by atoms with Gasteiger partial charge in [0, 0.05) is 28.2 Å². The monoisotopic (exact) mass is 537 g/mol. The van der Waals surface area contributed by atoms with Crippen LogP contribution in [0.4, 0.5) is 11.4 Å². The number of hydrogen-bond acceptors (Lipinski definition) is 4. The van der Waals surface area contributed by atoms with Crippen molar-refractivity contribution >= 4 is 39.9 Å². The van der Waals surface area contributed by atoms with Crippen molar-refractivity contribution in [2.45, 2.75) is 83.7 Å². The molecule has 2 aromatic rings. The first-order chi connectivity index (χ1) is 18.3. The van der Waals surface area contributed by atoms with Crippen LogP contribution in [0.5, 0.6) is 0 Å². The summed E-state index contributed by atoms with van der Waals surface area (Å²) in [5, 5.41) is 5.89. The summed E-state index contributed by atoms with van der Waals surface area (Å²) < 4.78 is 12.9. The highest BCUT2D eigenvalue weighted by atomic mass is 32.2. The number of nitrogens with zero attached hydrogens (tertiary/aromatic N) is 1. The van der Waals surface area contributed by atoms with Gasteiger partial charge in [-0.25, -0.2) is 0 Å². The zero-order valence-corrected chi connectivity index (χ0v) is 23.3. The van der Waals surface area contributed by atoms with Gasteiger partial charge < -0.3 is 10.6 Å². The lowest BCUT2D eigenvalue weighted by atomic mass is 9.89. The van der Waals surface area contributed by atoms with Gasteiger partial charge >= 0.3 is 0 Å². The fourth-order valence-electron chi connectivity index (χ4n) is 5.47. The molecule has 4 rings (SSSR count). The highest BCUT2D eigenvalue weighted by molar-refractivity contribution is 7.86. The number of hydrogen-bond donors (Lipinski definition) is 2. The van der Waals surface area contributed by atoms with Crippen LogP contribution >= 0.6 is 0 Å². The Kier molecular flexibility index (Phi) is 9.72. The smallest absolute Gasteiger partial charge is 0.243 e. The number of fused-ring (bicyclic) bond motifs is 1. The Morgan fingerprint density at radius 2 is 1.66 bits per heavy atom. The van der Waals surface area contributed by atoms with Crippen LogP contribution in [0.1, 0.15) is 68.6 Å². The summed E-state index contributed by atoms with van der Waals surface area (Å²) in [5.41, 5.74) is 4.70. The fraction of sp³-hybridized carbons (Fsp3) is 0.500. The second-order valence-corrected chi connectivity index (χ2v) is 12.0. The van der Waals surface area contributed by atoms with E-state index in [9.17, 15) is 18.6 Å². The topological polar surface area (TPSA) is 95.6 Å². The predicted octanol–water partition coefficient (Wildman–Crippen LogP) is 4.43. The van der Waals surface area contributed by atoms with Gasteiger partial charge in [-0.1, -0.05) is 49.1 Å². The summed E-state index contributed by atoms with van der Waals surface area (Å²) in [5.74, 6) is -1.63. The van der Waals surface area contributed by atoms with Gasteiger partial charge in [-0.3, -0.25) is 23.5 Å². The molecule has 0 spiro atoms. The SMILES string of the molecule is Cc1ccc(NC(=O)CS(=O)CC(=O)N(c2cccc3c2CCCC3)C(C)C(=O)NC2CCCCC2)cc1. The minimum Gasteiger partial charge on any atom is -0.352 e. The first kappa shape index (κ1) is 28.0. The van der Waals surface area contributed by atoms with Gasteiger partial charge in [-0.05, 0) is 81.7 Å². The third-order valence-corrected chi connectivity index (χ3v) is 8.68. The van der Waals surface area contributed by atoms with Gasteiger partial charge in [0.05, 0.1) is 0 Å². The average Bonchev–Trinajstić information content (AvgIpc) is 2.90. The van der Waals surface area contributed by atoms with Crippen LogP contribution in [-0.2, 0) is 38.0 Å². The highest BCUT2D eigenvalue weighted by Crippen LogP contribution is 2.32. The third-order valence-electron chi connectivity index (χ3n) is 7.53. The minimum absolute atomic E-state index is 0.125. The number of benzene rings is 2. The lowest BCUT2D eigenvalue weighted by Gasteiger charge is -2.33. The summed E-state index contributed by atoms with van der Waals surface area (Å²) in [6, 6.07) is 12.6. The maximum absolute atomic E-state index is 13.7. The number of carbonyl (C=O) groups is 3. The number of nitrogens with one attached hydrogen (secondary N) is 2. The quantitative estimate of drug-likeness (QED) is 0.495. The molecular formula is C30H39N3O4S. The molecule has 38 heavy (non-hydrogen) atoms. The van der Waals surface area contributed by atoms with Crippen molar-refractivity contribution in [2.24, 2.45) is 0 Å². The fourth-order valence-corrected chi connectivity index (χ4v) is 6.35. The molecule has 0 bridgehead atoms. The van der Waals surface area contributed by atoms with Crippen LogP contribution < -0.4 is 15.5 Å². The van der Waals surface area contributed by atoms with Crippen molar-refractivity contribution in [3.8, 4) is 0 Å². The molecule has 7 nitrogen and oxygen atoms in total. The number of aryl methyl sites for hydroxylation is 2. The summed E-state index contributed by atoms with van der Waals surface area (Å²) in [6.07, 6.45) is 9.19. The molecular weight excluding hydrogens is 498 g/mol. The molecule has 1 fully saturated rings. The summed E-state index contributed by atoms with van der Waals surface area (Å²) in [7, 11) is -1.73. The molecule has 204 valence electrons. The van der Waals surface area contributed by atoms with Crippen molar-refractivity contribution in [3.05, 3.63) is 59.2 Å². The van der Waals surface area contributed by atoms with Crippen LogP contribution in [0, 0.1) is 6.92 Å². The molecule has 8 heteroatoms. The zero-order chi connectivity index (χ0) is 27.1. The number of rotatable bonds is 9. The van der Waals surface area contributed by atoms with E-state index in [2.05, 4.69) is 16.7 Å². The van der Waals surface area contributed by atoms with Crippen molar-refractivity contribution in [3.63, 3.8) is 0 Å². The highest BCUT2D eigenvalue weighted by Gasteiger charge is 2.32. The Morgan fingerprint density at radius 1 is 0.947 bits per heavy atom. The van der Waals surface area contributed by atoms with Crippen molar-refractivity contribution in [2.75, 3.05) is 21.7 Å². The van der Waals surface area contributed by atoms with Crippen molar-refractivity contribution in [1.82, 2.24) is 5.32 Å². The number of carbonyl (C=O) groups excluding carboxylic acids is 3. The van der Waals surface area contributed by atoms with E-state index < -0.39 is 28.7 Å². The summed E-state index contributed by atoms with van der Waals surface area (Å²) in [4.78, 5) is 41.0. The second kappa shape index (κ2) is 13.2. The Labute approximate surface area is 228 Å². The molecule has 0 aromatic heterocycles. The zero-order valence-electron chi connectivity index (χ0n) is 22.5. The maximum atomic E-state index is 13.7. The van der Waals surface area contributed by atoms with Crippen LogP contribution in [0.15, 0.2) is 42.5 Å². The van der Waals surface area contributed by atoms with E-state index in [1.54, 1.807) is 19.1 Å². The molecule has 0 heterocycles. The van der Waals surface area contributed by atoms with Crippen LogP contribution in [0.25, 0.3) is 0 Å². The van der Waals surface area contributed by atoms with E-state index in [1.165, 1.54) is 16.9 Å². The number of amides is 3. The third kappa shape index (κ3) is 7.31. The van der Waals surface area contributed by atoms with Crippen LogP contribution in [0.2, 0.25) is 0 Å². The summed E-state index contributed by atoms with van der Waals surface area (Å²) in [6.45, 7) is 3.70. The second-order valence-electron chi connectivity index (χ2n) is 10.5. The molecule has 2 aliphatic rings. The maximum Gasteiger partial charge on any atom is 0.243 e. The molecule has 2 unspecified atom stereocenters. The van der Waals surface area contributed by atoms with E-state index in [0.717, 1.165) is 68.2 Å². The molecule has 1 saturated carbocycles. The normalized spacial score (nSPS) is 17.1. The van der Waals surface area contributed by atoms with Crippen molar-refractivity contribution in [1.29, 1.82) is 0 Å². The average molecular weight is 538 g/mol. The molecule has 2 aliphatic carbocycles. The largest absolute Gasteiger partial charge is 0.352 e. The van der Waals surface area contributed by atoms with E-state index in [1.807, 2.05) is 31.2 Å². The molecule has 0 radical (unpaired) electrons. The molecule has 2 atom stereocenters. The van der Waals surface area contributed by atoms with Gasteiger partial charge in [0.1, 0.15) is 17.5 Å². The molecule has 0 saturated heterocycles. The Balaban J connectivity index is 1.49. The van der Waals surface area contributed by atoms with Gasteiger partial charge in [0.25, 0.3) is 0 Å². The lowest BCUT2D eigenvalue weighted by Crippen LogP contribution is -2.52.